The highest BCUT2D eigenvalue weighted by Crippen LogP contribution is 2.33. The van der Waals surface area contributed by atoms with Crippen LogP contribution in [0.3, 0.4) is 0 Å². The molecule has 1 unspecified atom stereocenters. The first-order valence-electron chi connectivity index (χ1n) is 6.88. The summed E-state index contributed by atoms with van der Waals surface area (Å²) < 4.78 is 6.62. The molecule has 2 aromatic rings. The third-order valence-electron chi connectivity index (χ3n) is 3.26. The lowest BCUT2D eigenvalue weighted by molar-refractivity contribution is 0.403. The van der Waals surface area contributed by atoms with Crippen LogP contribution in [-0.2, 0) is 0 Å². The summed E-state index contributed by atoms with van der Waals surface area (Å²) in [6.45, 7) is 3.14. The normalized spacial score (nSPS) is 12.2. The van der Waals surface area contributed by atoms with Gasteiger partial charge in [0.1, 0.15) is 5.75 Å². The number of halogens is 1. The highest BCUT2D eigenvalue weighted by Gasteiger charge is 2.19. The molecule has 0 fully saturated rings. The third-order valence-corrected chi connectivity index (χ3v) is 3.99. The number of rotatable bonds is 6. The summed E-state index contributed by atoms with van der Waals surface area (Å²) in [4.78, 5) is 0. The molecular weight excluding hydrogens is 314 g/mol. The predicted molar refractivity (Wildman–Crippen MR) is 87.3 cm³/mol. The van der Waals surface area contributed by atoms with Crippen molar-refractivity contribution in [1.82, 2.24) is 5.32 Å². The number of nitrogens with one attached hydrogen (secondary N) is 1. The molecule has 0 aliphatic carbocycles. The Balaban J connectivity index is 2.44. The van der Waals surface area contributed by atoms with Crippen molar-refractivity contribution < 1.29 is 4.74 Å². The molecule has 0 saturated heterocycles. The lowest BCUT2D eigenvalue weighted by atomic mass is 9.97. The fourth-order valence-electron chi connectivity index (χ4n) is 2.29. The van der Waals surface area contributed by atoms with Crippen LogP contribution in [0, 0.1) is 0 Å². The van der Waals surface area contributed by atoms with Gasteiger partial charge in [0.25, 0.3) is 0 Å². The summed E-state index contributed by atoms with van der Waals surface area (Å²) in [5, 5.41) is 3.61. The maximum absolute atomic E-state index is 5.51. The van der Waals surface area contributed by atoms with Gasteiger partial charge in [0, 0.05) is 10.0 Å². The number of ether oxygens (including phenoxy) is 1. The van der Waals surface area contributed by atoms with Gasteiger partial charge in [-0.3, -0.25) is 0 Å². The Kier molecular flexibility index (Phi) is 5.62. The molecule has 0 spiro atoms. The number of methoxy groups -OCH3 is 1. The van der Waals surface area contributed by atoms with E-state index in [-0.39, 0.29) is 6.04 Å². The first kappa shape index (κ1) is 15.1. The summed E-state index contributed by atoms with van der Waals surface area (Å²) >= 11 is 3.65. The van der Waals surface area contributed by atoms with Crippen molar-refractivity contribution >= 4 is 15.9 Å². The number of benzene rings is 2. The number of hydrogen-bond donors (Lipinski definition) is 1. The molecule has 0 saturated carbocycles. The van der Waals surface area contributed by atoms with E-state index in [0.717, 1.165) is 28.8 Å². The van der Waals surface area contributed by atoms with E-state index in [2.05, 4.69) is 58.5 Å². The van der Waals surface area contributed by atoms with Gasteiger partial charge in [-0.05, 0) is 30.7 Å². The monoisotopic (exact) mass is 333 g/mol. The van der Waals surface area contributed by atoms with Crippen LogP contribution < -0.4 is 10.1 Å². The van der Waals surface area contributed by atoms with Gasteiger partial charge in [-0.25, -0.2) is 0 Å². The average molecular weight is 334 g/mol. The molecule has 3 heteroatoms. The molecule has 2 nitrogen and oxygen atoms in total. The Morgan fingerprint density at radius 2 is 1.70 bits per heavy atom. The lowest BCUT2D eigenvalue weighted by Crippen LogP contribution is -2.24. The second kappa shape index (κ2) is 7.46. The van der Waals surface area contributed by atoms with Crippen LogP contribution >= 0.6 is 15.9 Å². The highest BCUT2D eigenvalue weighted by atomic mass is 79.9. The zero-order chi connectivity index (χ0) is 14.4. The van der Waals surface area contributed by atoms with E-state index in [4.69, 9.17) is 4.74 Å². The van der Waals surface area contributed by atoms with E-state index in [1.54, 1.807) is 7.11 Å². The van der Waals surface area contributed by atoms with Gasteiger partial charge in [0.2, 0.25) is 0 Å². The minimum atomic E-state index is 0.127. The van der Waals surface area contributed by atoms with Crippen molar-refractivity contribution in [3.63, 3.8) is 0 Å². The number of para-hydroxylation sites is 1. The Morgan fingerprint density at radius 3 is 2.35 bits per heavy atom. The molecule has 0 aliphatic heterocycles. The van der Waals surface area contributed by atoms with Crippen molar-refractivity contribution in [3.05, 3.63) is 64.1 Å². The second-order valence-corrected chi connectivity index (χ2v) is 5.50. The minimum Gasteiger partial charge on any atom is -0.496 e. The Labute approximate surface area is 129 Å². The van der Waals surface area contributed by atoms with Gasteiger partial charge in [-0.15, -0.1) is 0 Å². The summed E-state index contributed by atoms with van der Waals surface area (Å²) in [5.74, 6) is 0.914. The van der Waals surface area contributed by atoms with Crippen molar-refractivity contribution in [2.75, 3.05) is 13.7 Å². The maximum atomic E-state index is 5.51. The quantitative estimate of drug-likeness (QED) is 0.837. The smallest absolute Gasteiger partial charge is 0.123 e. The van der Waals surface area contributed by atoms with Crippen LogP contribution in [0.4, 0.5) is 0 Å². The van der Waals surface area contributed by atoms with Gasteiger partial charge in [-0.2, -0.15) is 0 Å². The number of hydrogen-bond acceptors (Lipinski definition) is 2. The van der Waals surface area contributed by atoms with E-state index in [0.29, 0.717) is 0 Å². The average Bonchev–Trinajstić information content (AvgIpc) is 2.49. The van der Waals surface area contributed by atoms with E-state index in [1.807, 2.05) is 18.2 Å². The van der Waals surface area contributed by atoms with Gasteiger partial charge < -0.3 is 10.1 Å². The Bertz CT molecular complexity index is 556. The van der Waals surface area contributed by atoms with Gasteiger partial charge in [0.15, 0.2) is 0 Å². The fourth-order valence-corrected chi connectivity index (χ4v) is 2.80. The van der Waals surface area contributed by atoms with Crippen molar-refractivity contribution in [1.29, 1.82) is 0 Å². The van der Waals surface area contributed by atoms with Gasteiger partial charge in [-0.1, -0.05) is 59.3 Å². The summed E-state index contributed by atoms with van der Waals surface area (Å²) in [7, 11) is 1.72. The summed E-state index contributed by atoms with van der Waals surface area (Å²) in [6.07, 6.45) is 1.09. The first-order valence-corrected chi connectivity index (χ1v) is 7.68. The molecule has 0 amide bonds. The second-order valence-electron chi connectivity index (χ2n) is 4.65. The molecule has 0 bridgehead atoms. The largest absolute Gasteiger partial charge is 0.496 e. The minimum absolute atomic E-state index is 0.127. The predicted octanol–water partition coefficient (Wildman–Crippen LogP) is 4.55. The van der Waals surface area contributed by atoms with Crippen LogP contribution in [-0.4, -0.2) is 13.7 Å². The SMILES string of the molecule is CCCNC(c1ccccc1Br)c1ccccc1OC. The standard InChI is InChI=1S/C17H20BrNO/c1-3-12-19-17(13-8-4-6-10-15(13)18)14-9-5-7-11-16(14)20-2/h4-11,17,19H,3,12H2,1-2H3. The zero-order valence-corrected chi connectivity index (χ0v) is 13.5. The molecule has 2 rings (SSSR count). The molecule has 0 aromatic heterocycles. The molecule has 0 radical (unpaired) electrons. The van der Waals surface area contributed by atoms with E-state index in [1.165, 1.54) is 5.56 Å². The molecule has 1 N–H and O–H groups in total. The van der Waals surface area contributed by atoms with E-state index in [9.17, 15) is 0 Å². The zero-order valence-electron chi connectivity index (χ0n) is 11.9. The third kappa shape index (κ3) is 3.41. The Hall–Kier alpha value is -1.32. The summed E-state index contributed by atoms with van der Waals surface area (Å²) in [6, 6.07) is 16.6. The van der Waals surface area contributed by atoms with E-state index >= 15 is 0 Å². The topological polar surface area (TPSA) is 21.3 Å². The van der Waals surface area contributed by atoms with Crippen LogP contribution in [0.2, 0.25) is 0 Å². The fraction of sp³-hybridized carbons (Fsp3) is 0.294. The molecule has 2 aromatic carbocycles. The van der Waals surface area contributed by atoms with Crippen molar-refractivity contribution in [3.8, 4) is 5.75 Å². The molecule has 0 heterocycles. The molecular formula is C17H20BrNO. The van der Waals surface area contributed by atoms with Crippen LogP contribution in [0.15, 0.2) is 53.0 Å². The van der Waals surface area contributed by atoms with Crippen LogP contribution in [0.25, 0.3) is 0 Å². The van der Waals surface area contributed by atoms with Gasteiger partial charge in [0.05, 0.1) is 13.2 Å². The Morgan fingerprint density at radius 1 is 1.05 bits per heavy atom. The molecule has 0 aliphatic rings. The summed E-state index contributed by atoms with van der Waals surface area (Å²) in [5.41, 5.74) is 2.39. The first-order chi connectivity index (χ1) is 9.77. The maximum Gasteiger partial charge on any atom is 0.123 e. The molecule has 20 heavy (non-hydrogen) atoms. The lowest BCUT2D eigenvalue weighted by Gasteiger charge is -2.22. The highest BCUT2D eigenvalue weighted by molar-refractivity contribution is 9.10. The van der Waals surface area contributed by atoms with Crippen molar-refractivity contribution in [2.24, 2.45) is 0 Å². The van der Waals surface area contributed by atoms with E-state index < -0.39 is 0 Å². The van der Waals surface area contributed by atoms with Crippen molar-refractivity contribution in [2.45, 2.75) is 19.4 Å². The van der Waals surface area contributed by atoms with Crippen LogP contribution in [0.1, 0.15) is 30.5 Å². The van der Waals surface area contributed by atoms with Crippen LogP contribution in [0.5, 0.6) is 5.75 Å². The molecule has 106 valence electrons. The van der Waals surface area contributed by atoms with Gasteiger partial charge >= 0.3 is 0 Å². The molecule has 1 atom stereocenters.